The largest absolute Gasteiger partial charge is 0.310 e. The summed E-state index contributed by atoms with van der Waals surface area (Å²) in [6.45, 7) is 0. The molecule has 4 aromatic rings. The fraction of sp³-hybridized carbons (Fsp3) is 0. The van der Waals surface area contributed by atoms with Gasteiger partial charge in [-0.25, -0.2) is 8.78 Å². The third-order valence-electron chi connectivity index (χ3n) is 3.70. The van der Waals surface area contributed by atoms with Crippen LogP contribution in [0, 0.1) is 11.6 Å². The molecule has 0 saturated heterocycles. The molecule has 2 aromatic heterocycles. The molecule has 0 spiro atoms. The quantitative estimate of drug-likeness (QED) is 0.528. The first-order chi connectivity index (χ1) is 10.7. The monoisotopic (exact) mass is 296 g/mol. The first-order valence-corrected chi connectivity index (χ1v) is 6.73. The van der Waals surface area contributed by atoms with Crippen molar-refractivity contribution in [3.63, 3.8) is 0 Å². The molecule has 0 atom stereocenters. The Morgan fingerprint density at radius 3 is 2.32 bits per heavy atom. The van der Waals surface area contributed by atoms with Crippen LogP contribution >= 0.6 is 0 Å². The van der Waals surface area contributed by atoms with Crippen LogP contribution in [0.15, 0.2) is 65.6 Å². The molecule has 0 aliphatic rings. The van der Waals surface area contributed by atoms with Gasteiger partial charge >= 0.3 is 0 Å². The molecule has 0 amide bonds. The SMILES string of the molecule is O=c1c2cccn2c2ccccc2n1-c1ccc(F)cc1F. The lowest BCUT2D eigenvalue weighted by molar-refractivity contribution is 0.578. The molecule has 22 heavy (non-hydrogen) atoms. The second-order valence-corrected chi connectivity index (χ2v) is 4.99. The number of fused-ring (bicyclic) bond motifs is 3. The van der Waals surface area contributed by atoms with Crippen molar-refractivity contribution in [1.29, 1.82) is 0 Å². The normalized spacial score (nSPS) is 11.4. The van der Waals surface area contributed by atoms with E-state index in [0.717, 1.165) is 17.6 Å². The van der Waals surface area contributed by atoms with Crippen LogP contribution < -0.4 is 5.56 Å². The Kier molecular flexibility index (Phi) is 2.63. The van der Waals surface area contributed by atoms with Crippen LogP contribution in [0.1, 0.15) is 0 Å². The Labute approximate surface area is 123 Å². The lowest BCUT2D eigenvalue weighted by Gasteiger charge is -2.13. The molecule has 0 unspecified atom stereocenters. The molecule has 0 N–H and O–H groups in total. The zero-order chi connectivity index (χ0) is 15.3. The molecule has 4 rings (SSSR count). The summed E-state index contributed by atoms with van der Waals surface area (Å²) in [5.41, 5.74) is 1.44. The molecule has 0 saturated carbocycles. The zero-order valence-electron chi connectivity index (χ0n) is 11.3. The number of hydrogen-bond donors (Lipinski definition) is 0. The fourth-order valence-electron chi connectivity index (χ4n) is 2.75. The highest BCUT2D eigenvalue weighted by molar-refractivity contribution is 5.80. The lowest BCUT2D eigenvalue weighted by Crippen LogP contribution is -2.22. The summed E-state index contributed by atoms with van der Waals surface area (Å²) >= 11 is 0. The van der Waals surface area contributed by atoms with Crippen LogP contribution in [0.25, 0.3) is 22.2 Å². The van der Waals surface area contributed by atoms with Gasteiger partial charge in [0.1, 0.15) is 17.2 Å². The van der Waals surface area contributed by atoms with E-state index in [4.69, 9.17) is 0 Å². The Morgan fingerprint density at radius 2 is 1.55 bits per heavy atom. The summed E-state index contributed by atoms with van der Waals surface area (Å²) in [4.78, 5) is 12.7. The number of hydrogen-bond acceptors (Lipinski definition) is 1. The molecule has 0 fully saturated rings. The third-order valence-corrected chi connectivity index (χ3v) is 3.70. The summed E-state index contributed by atoms with van der Waals surface area (Å²) in [5, 5.41) is 0. The van der Waals surface area contributed by atoms with E-state index in [1.54, 1.807) is 34.9 Å². The highest BCUT2D eigenvalue weighted by Gasteiger charge is 2.14. The van der Waals surface area contributed by atoms with Gasteiger partial charge in [0.15, 0.2) is 0 Å². The van der Waals surface area contributed by atoms with E-state index in [1.807, 2.05) is 12.1 Å². The molecule has 3 nitrogen and oxygen atoms in total. The standard InChI is InChI=1S/C17H10F2N2O/c18-11-7-8-13(12(19)10-11)21-15-5-2-1-4-14(15)20-9-3-6-16(20)17(21)22/h1-10H. The minimum atomic E-state index is -0.775. The highest BCUT2D eigenvalue weighted by Crippen LogP contribution is 2.21. The van der Waals surface area contributed by atoms with Gasteiger partial charge in [-0.05, 0) is 36.4 Å². The van der Waals surface area contributed by atoms with E-state index >= 15 is 0 Å². The Bertz CT molecular complexity index is 1080. The van der Waals surface area contributed by atoms with Crippen LogP contribution in [0.4, 0.5) is 8.78 Å². The number of halogens is 2. The van der Waals surface area contributed by atoms with Crippen molar-refractivity contribution in [3.8, 4) is 5.69 Å². The molecule has 0 aliphatic heterocycles. The van der Waals surface area contributed by atoms with Crippen LogP contribution in [0.2, 0.25) is 0 Å². The Morgan fingerprint density at radius 1 is 0.818 bits per heavy atom. The molecule has 0 radical (unpaired) electrons. The molecule has 5 heteroatoms. The van der Waals surface area contributed by atoms with Crippen LogP contribution in [-0.2, 0) is 0 Å². The smallest absolute Gasteiger partial charge is 0.279 e. The van der Waals surface area contributed by atoms with Gasteiger partial charge in [-0.3, -0.25) is 9.36 Å². The summed E-state index contributed by atoms with van der Waals surface area (Å²) < 4.78 is 30.3. The summed E-state index contributed by atoms with van der Waals surface area (Å²) in [5.74, 6) is -1.45. The molecular formula is C17H10F2N2O. The Hall–Kier alpha value is -2.95. The van der Waals surface area contributed by atoms with E-state index in [1.165, 1.54) is 10.6 Å². The van der Waals surface area contributed by atoms with Crippen LogP contribution in [-0.4, -0.2) is 8.97 Å². The second kappa shape index (κ2) is 4.53. The predicted octanol–water partition coefficient (Wildman–Crippen LogP) is 3.52. The average molecular weight is 296 g/mol. The minimum absolute atomic E-state index is 0.0336. The van der Waals surface area contributed by atoms with E-state index in [9.17, 15) is 13.6 Å². The van der Waals surface area contributed by atoms with Crippen molar-refractivity contribution < 1.29 is 8.78 Å². The van der Waals surface area contributed by atoms with Gasteiger partial charge in [-0.2, -0.15) is 0 Å². The number of aromatic nitrogens is 2. The van der Waals surface area contributed by atoms with Gasteiger partial charge in [-0.1, -0.05) is 12.1 Å². The molecule has 108 valence electrons. The fourth-order valence-corrected chi connectivity index (χ4v) is 2.75. The Balaban J connectivity index is 2.24. The van der Waals surface area contributed by atoms with Crippen LogP contribution in [0.5, 0.6) is 0 Å². The molecule has 0 aliphatic carbocycles. The number of para-hydroxylation sites is 2. The maximum atomic E-state index is 14.2. The minimum Gasteiger partial charge on any atom is -0.310 e. The predicted molar refractivity (Wildman–Crippen MR) is 80.4 cm³/mol. The maximum Gasteiger partial charge on any atom is 0.279 e. The third kappa shape index (κ3) is 1.69. The van der Waals surface area contributed by atoms with Gasteiger partial charge in [0, 0.05) is 12.3 Å². The molecule has 2 aromatic carbocycles. The van der Waals surface area contributed by atoms with Crippen molar-refractivity contribution in [2.45, 2.75) is 0 Å². The van der Waals surface area contributed by atoms with Gasteiger partial charge in [0.05, 0.1) is 16.7 Å². The summed E-state index contributed by atoms with van der Waals surface area (Å²) in [7, 11) is 0. The van der Waals surface area contributed by atoms with Crippen LogP contribution in [0.3, 0.4) is 0 Å². The van der Waals surface area contributed by atoms with Crippen molar-refractivity contribution in [2.75, 3.05) is 0 Å². The summed E-state index contributed by atoms with van der Waals surface area (Å²) in [6, 6.07) is 13.8. The van der Waals surface area contributed by atoms with Crippen molar-refractivity contribution in [2.24, 2.45) is 0 Å². The van der Waals surface area contributed by atoms with Crippen molar-refractivity contribution in [3.05, 3.63) is 82.8 Å². The van der Waals surface area contributed by atoms with Crippen molar-refractivity contribution >= 4 is 16.6 Å². The first kappa shape index (κ1) is 12.8. The van der Waals surface area contributed by atoms with Gasteiger partial charge in [0.25, 0.3) is 5.56 Å². The highest BCUT2D eigenvalue weighted by atomic mass is 19.1. The molecule has 2 heterocycles. The second-order valence-electron chi connectivity index (χ2n) is 4.99. The van der Waals surface area contributed by atoms with Gasteiger partial charge in [0.2, 0.25) is 0 Å². The van der Waals surface area contributed by atoms with Gasteiger partial charge < -0.3 is 4.40 Å². The van der Waals surface area contributed by atoms with E-state index < -0.39 is 11.6 Å². The molecular weight excluding hydrogens is 286 g/mol. The maximum absolute atomic E-state index is 14.2. The van der Waals surface area contributed by atoms with E-state index in [0.29, 0.717) is 11.0 Å². The number of rotatable bonds is 1. The zero-order valence-corrected chi connectivity index (χ0v) is 11.3. The summed E-state index contributed by atoms with van der Waals surface area (Å²) in [6.07, 6.45) is 1.78. The van der Waals surface area contributed by atoms with Gasteiger partial charge in [-0.15, -0.1) is 0 Å². The average Bonchev–Trinajstić information content (AvgIpc) is 2.99. The topological polar surface area (TPSA) is 26.4 Å². The molecule has 0 bridgehead atoms. The number of benzene rings is 2. The van der Waals surface area contributed by atoms with E-state index in [2.05, 4.69) is 0 Å². The number of nitrogens with zero attached hydrogens (tertiary/aromatic N) is 2. The first-order valence-electron chi connectivity index (χ1n) is 6.73. The lowest BCUT2D eigenvalue weighted by atomic mass is 10.2. The van der Waals surface area contributed by atoms with E-state index in [-0.39, 0.29) is 11.2 Å². The van der Waals surface area contributed by atoms with Crippen molar-refractivity contribution in [1.82, 2.24) is 8.97 Å².